The summed E-state index contributed by atoms with van der Waals surface area (Å²) in [4.78, 5) is 10.9. The van der Waals surface area contributed by atoms with E-state index in [-0.39, 0.29) is 11.5 Å². The van der Waals surface area contributed by atoms with Gasteiger partial charge >= 0.3 is 65.1 Å². The molecule has 0 saturated carbocycles. The number of carbonyl (C=O) groups excluding carboxylic acids is 1. The summed E-state index contributed by atoms with van der Waals surface area (Å²) in [5.74, 6) is 0.0131. The fourth-order valence-electron chi connectivity index (χ4n) is 0.718. The molecule has 1 aliphatic rings. The van der Waals surface area contributed by atoms with Gasteiger partial charge in [-0.05, 0) is 0 Å². The standard InChI is InChI=1S/C8H6BO2/c1-6-2-3-7(10)8(4-6)11-5-9/h2-5H,1H2. The molecule has 0 heterocycles. The average molecular weight is 145 g/mol. The number of hydrogen-bond acceptors (Lipinski definition) is 2. The van der Waals surface area contributed by atoms with Crippen molar-refractivity contribution < 1.29 is 9.53 Å². The van der Waals surface area contributed by atoms with E-state index in [0.717, 1.165) is 11.7 Å². The summed E-state index contributed by atoms with van der Waals surface area (Å²) in [6, 6.07) is 0. The molecule has 0 aromatic rings. The second-order valence-corrected chi connectivity index (χ2v) is 2.04. The maximum absolute atomic E-state index is 10.9. The normalized spacial score (nSPS) is 16.1. The number of ether oxygens (including phenoxy) is 1. The zero-order chi connectivity index (χ0) is 8.27. The number of rotatable bonds is 2. The van der Waals surface area contributed by atoms with Crippen LogP contribution in [0.2, 0.25) is 0 Å². The summed E-state index contributed by atoms with van der Waals surface area (Å²) >= 11 is 0. The molecule has 1 rings (SSSR count). The fraction of sp³-hybridized carbons (Fsp3) is 0. The van der Waals surface area contributed by atoms with Crippen LogP contribution in [0.15, 0.2) is 36.1 Å². The molecule has 0 aliphatic heterocycles. The van der Waals surface area contributed by atoms with Crippen LogP contribution in [-0.2, 0) is 9.53 Å². The Kier molecular flexibility index (Phi) is 2.21. The van der Waals surface area contributed by atoms with Crippen LogP contribution in [0, 0.1) is 0 Å². The molecule has 1 aliphatic carbocycles. The van der Waals surface area contributed by atoms with Gasteiger partial charge in [0.25, 0.3) is 0 Å². The third-order valence-corrected chi connectivity index (χ3v) is 1.20. The topological polar surface area (TPSA) is 26.3 Å². The Hall–Kier alpha value is -1.38. The molecule has 0 unspecified atom stereocenters. The minimum atomic E-state index is -0.195. The Labute approximate surface area is 65.9 Å². The molecule has 0 amide bonds. The van der Waals surface area contributed by atoms with Crippen LogP contribution in [0.4, 0.5) is 0 Å². The molecule has 0 bridgehead atoms. The number of ketones is 1. The first-order valence-electron chi connectivity index (χ1n) is 3.07. The molecule has 0 saturated heterocycles. The molecular formula is C8H6BO2. The molecule has 53 valence electrons. The summed E-state index contributed by atoms with van der Waals surface area (Å²) in [5, 5.41) is 0. The van der Waals surface area contributed by atoms with Gasteiger partial charge in [-0.1, -0.05) is 0 Å². The molecule has 11 heavy (non-hydrogen) atoms. The summed E-state index contributed by atoms with van der Waals surface area (Å²) < 4.78 is 4.72. The quantitative estimate of drug-likeness (QED) is 0.529. The summed E-state index contributed by atoms with van der Waals surface area (Å²) in [7, 11) is 4.97. The zero-order valence-electron chi connectivity index (χ0n) is 5.91. The third-order valence-electron chi connectivity index (χ3n) is 1.20. The van der Waals surface area contributed by atoms with Gasteiger partial charge in [0, 0.05) is 0 Å². The van der Waals surface area contributed by atoms with Crippen molar-refractivity contribution in [3.63, 3.8) is 0 Å². The van der Waals surface area contributed by atoms with Gasteiger partial charge < -0.3 is 0 Å². The molecular weight excluding hydrogens is 139 g/mol. The Morgan fingerprint density at radius 3 is 2.91 bits per heavy atom. The van der Waals surface area contributed by atoms with Crippen LogP contribution in [0.25, 0.3) is 0 Å². The summed E-state index contributed by atoms with van der Waals surface area (Å²) in [5.41, 5.74) is 0.724. The average Bonchev–Trinajstić information content (AvgIpc) is 1.98. The van der Waals surface area contributed by atoms with Crippen molar-refractivity contribution in [1.29, 1.82) is 0 Å². The monoisotopic (exact) mass is 145 g/mol. The van der Waals surface area contributed by atoms with Gasteiger partial charge in [-0.25, -0.2) is 0 Å². The Balaban J connectivity index is 2.84. The predicted molar refractivity (Wildman–Crippen MR) is 44.3 cm³/mol. The molecule has 0 N–H and O–H groups in total. The van der Waals surface area contributed by atoms with Gasteiger partial charge in [0.05, 0.1) is 0 Å². The van der Waals surface area contributed by atoms with Crippen LogP contribution < -0.4 is 0 Å². The SMILES string of the molecule is [B]=COC1=CC(=C)C=CC1=O. The number of hydrogen-bond donors (Lipinski definition) is 0. The van der Waals surface area contributed by atoms with Crippen molar-refractivity contribution in [3.8, 4) is 0 Å². The Morgan fingerprint density at radius 1 is 1.55 bits per heavy atom. The first kappa shape index (κ1) is 7.73. The molecule has 1 radical (unpaired) electrons. The second-order valence-electron chi connectivity index (χ2n) is 2.04. The van der Waals surface area contributed by atoms with Crippen molar-refractivity contribution in [1.82, 2.24) is 0 Å². The van der Waals surface area contributed by atoms with Gasteiger partial charge in [0.15, 0.2) is 0 Å². The van der Waals surface area contributed by atoms with Gasteiger partial charge in [-0.2, -0.15) is 0 Å². The molecule has 0 fully saturated rings. The second kappa shape index (κ2) is 3.15. The van der Waals surface area contributed by atoms with Crippen LogP contribution in [-0.4, -0.2) is 19.4 Å². The van der Waals surface area contributed by atoms with E-state index >= 15 is 0 Å². The van der Waals surface area contributed by atoms with Crippen molar-refractivity contribution in [2.24, 2.45) is 0 Å². The predicted octanol–water partition coefficient (Wildman–Crippen LogP) is 0.510. The van der Waals surface area contributed by atoms with Gasteiger partial charge in [-0.3, -0.25) is 0 Å². The van der Waals surface area contributed by atoms with Crippen molar-refractivity contribution in [3.05, 3.63) is 36.1 Å². The van der Waals surface area contributed by atoms with Crippen LogP contribution in [0.5, 0.6) is 0 Å². The fourth-order valence-corrected chi connectivity index (χ4v) is 0.718. The first-order valence-corrected chi connectivity index (χ1v) is 3.07. The maximum atomic E-state index is 10.9. The van der Waals surface area contributed by atoms with E-state index in [2.05, 4.69) is 6.58 Å². The van der Waals surface area contributed by atoms with Gasteiger partial charge in [0.1, 0.15) is 0 Å². The van der Waals surface area contributed by atoms with Gasteiger partial charge in [0.2, 0.25) is 0 Å². The van der Waals surface area contributed by atoms with Crippen LogP contribution in [0.1, 0.15) is 0 Å². The number of allylic oxidation sites excluding steroid dienone is 4. The first-order chi connectivity index (χ1) is 5.24. The van der Waals surface area contributed by atoms with Crippen molar-refractivity contribution in [2.75, 3.05) is 0 Å². The van der Waals surface area contributed by atoms with Crippen LogP contribution >= 0.6 is 0 Å². The van der Waals surface area contributed by atoms with Crippen molar-refractivity contribution in [2.45, 2.75) is 0 Å². The van der Waals surface area contributed by atoms with E-state index in [1.54, 1.807) is 6.08 Å². The summed E-state index contributed by atoms with van der Waals surface area (Å²) in [6.07, 6.45) is 5.51. The van der Waals surface area contributed by atoms with Crippen LogP contribution in [0.3, 0.4) is 0 Å². The van der Waals surface area contributed by atoms with E-state index in [4.69, 9.17) is 12.2 Å². The van der Waals surface area contributed by atoms with E-state index in [1.165, 1.54) is 12.2 Å². The molecule has 3 heteroatoms. The summed E-state index contributed by atoms with van der Waals surface area (Å²) in [6.45, 7) is 3.63. The third kappa shape index (κ3) is 1.77. The number of carbonyl (C=O) groups is 1. The van der Waals surface area contributed by atoms with E-state index in [1.807, 2.05) is 0 Å². The Morgan fingerprint density at radius 2 is 2.27 bits per heavy atom. The van der Waals surface area contributed by atoms with Crippen molar-refractivity contribution >= 4 is 19.4 Å². The molecule has 2 nitrogen and oxygen atoms in total. The van der Waals surface area contributed by atoms with Gasteiger partial charge in [-0.15, -0.1) is 0 Å². The Bertz CT molecular complexity index is 274. The minimum absolute atomic E-state index is 0.195. The molecule has 0 aromatic carbocycles. The zero-order valence-corrected chi connectivity index (χ0v) is 5.91. The molecule has 0 aromatic heterocycles. The molecule has 0 spiro atoms. The van der Waals surface area contributed by atoms with E-state index in [9.17, 15) is 4.79 Å². The van der Waals surface area contributed by atoms with E-state index in [0.29, 0.717) is 0 Å². The molecule has 0 atom stereocenters. The van der Waals surface area contributed by atoms with E-state index < -0.39 is 0 Å².